The Morgan fingerprint density at radius 1 is 1.17 bits per heavy atom. The molecule has 62 valence electrons. The monoisotopic (exact) mass is 184 g/mol. The summed E-state index contributed by atoms with van der Waals surface area (Å²) in [5, 5.41) is 0.199. The largest absolute Gasteiger partial charge is 0.369 e. The van der Waals surface area contributed by atoms with E-state index in [0.717, 1.165) is 0 Å². The molecule has 0 unspecified atom stereocenters. The van der Waals surface area contributed by atoms with E-state index in [-0.39, 0.29) is 17.0 Å². The molecule has 0 fully saturated rings. The number of anilines is 2. The third kappa shape index (κ3) is 0.928. The number of nitrogen functional groups attached to an aromatic ring is 2. The first kappa shape index (κ1) is 7.11. The van der Waals surface area contributed by atoms with Crippen molar-refractivity contribution < 1.29 is 0 Å². The summed E-state index contributed by atoms with van der Waals surface area (Å²) in [5.41, 5.74) is 11.6. The third-order valence-electron chi connectivity index (χ3n) is 1.34. The second kappa shape index (κ2) is 2.21. The summed E-state index contributed by atoms with van der Waals surface area (Å²) >= 11 is 5.71. The first-order valence-electron chi connectivity index (χ1n) is 3.11. The number of nitrogens with zero attached hydrogens (tertiary/aromatic N) is 3. The number of imidazole rings is 1. The van der Waals surface area contributed by atoms with Crippen LogP contribution in [0, 0.1) is 0 Å². The number of aromatic nitrogens is 4. The molecule has 0 spiro atoms. The zero-order valence-electron chi connectivity index (χ0n) is 5.87. The predicted octanol–water partition coefficient (Wildman–Crippen LogP) is 0.171. The van der Waals surface area contributed by atoms with Crippen molar-refractivity contribution in [2.24, 2.45) is 0 Å². The van der Waals surface area contributed by atoms with Crippen LogP contribution >= 0.6 is 11.6 Å². The number of nitrogens with one attached hydrogen (secondary N) is 1. The van der Waals surface area contributed by atoms with E-state index in [4.69, 9.17) is 23.1 Å². The van der Waals surface area contributed by atoms with Gasteiger partial charge in [0.15, 0.2) is 16.7 Å². The molecule has 2 heterocycles. The Balaban J connectivity index is 2.88. The quantitative estimate of drug-likeness (QED) is 0.506. The standard InChI is InChI=1S/C5H5ClN6/c6-2-1-3(11-4(7)9-1)12-5(8)10-2/h(H5,7,8,9,10,11,12). The third-order valence-corrected chi connectivity index (χ3v) is 1.60. The average molecular weight is 185 g/mol. The van der Waals surface area contributed by atoms with Crippen LogP contribution < -0.4 is 11.5 Å². The van der Waals surface area contributed by atoms with Gasteiger partial charge in [0.1, 0.15) is 5.52 Å². The van der Waals surface area contributed by atoms with Crippen LogP contribution in [-0.4, -0.2) is 19.9 Å². The van der Waals surface area contributed by atoms with Crippen LogP contribution in [0.25, 0.3) is 11.2 Å². The number of fused-ring (bicyclic) bond motifs is 1. The molecule has 0 atom stereocenters. The molecule has 0 aromatic carbocycles. The maximum atomic E-state index is 5.71. The highest BCUT2D eigenvalue weighted by atomic mass is 35.5. The molecule has 0 aliphatic heterocycles. The highest BCUT2D eigenvalue weighted by Crippen LogP contribution is 2.18. The van der Waals surface area contributed by atoms with Crippen LogP contribution in [0.5, 0.6) is 0 Å². The minimum absolute atomic E-state index is 0.0937. The Bertz CT molecular complexity index is 435. The molecule has 12 heavy (non-hydrogen) atoms. The van der Waals surface area contributed by atoms with Gasteiger partial charge in [-0.2, -0.15) is 9.97 Å². The van der Waals surface area contributed by atoms with Crippen LogP contribution in [-0.2, 0) is 0 Å². The number of nitrogens with two attached hydrogens (primary N) is 2. The molecule has 0 amide bonds. The number of halogens is 1. The highest BCUT2D eigenvalue weighted by molar-refractivity contribution is 6.33. The number of aromatic amines is 1. The second-order valence-corrected chi connectivity index (χ2v) is 2.55. The smallest absolute Gasteiger partial charge is 0.223 e. The number of hydrogen-bond acceptors (Lipinski definition) is 5. The minimum atomic E-state index is 0.0937. The zero-order chi connectivity index (χ0) is 8.72. The molecule has 0 radical (unpaired) electrons. The van der Waals surface area contributed by atoms with E-state index in [2.05, 4.69) is 19.9 Å². The van der Waals surface area contributed by atoms with Crippen molar-refractivity contribution in [3.8, 4) is 0 Å². The zero-order valence-corrected chi connectivity index (χ0v) is 6.63. The van der Waals surface area contributed by atoms with Crippen LogP contribution in [0.3, 0.4) is 0 Å². The van der Waals surface area contributed by atoms with Crippen LogP contribution in [0.1, 0.15) is 0 Å². The van der Waals surface area contributed by atoms with Crippen molar-refractivity contribution in [1.82, 2.24) is 19.9 Å². The molecular weight excluding hydrogens is 180 g/mol. The highest BCUT2D eigenvalue weighted by Gasteiger charge is 2.07. The maximum absolute atomic E-state index is 5.71. The van der Waals surface area contributed by atoms with Gasteiger partial charge in [-0.3, -0.25) is 0 Å². The fourth-order valence-electron chi connectivity index (χ4n) is 0.900. The molecular formula is C5H5ClN6. The Hall–Kier alpha value is -1.56. The SMILES string of the molecule is Nc1nc(Cl)c2nc(N)[nH]c2n1. The summed E-state index contributed by atoms with van der Waals surface area (Å²) in [6.07, 6.45) is 0. The van der Waals surface area contributed by atoms with Gasteiger partial charge < -0.3 is 16.5 Å². The summed E-state index contributed by atoms with van der Waals surface area (Å²) in [7, 11) is 0. The van der Waals surface area contributed by atoms with Gasteiger partial charge in [-0.25, -0.2) is 4.98 Å². The van der Waals surface area contributed by atoms with E-state index in [1.54, 1.807) is 0 Å². The lowest BCUT2D eigenvalue weighted by molar-refractivity contribution is 1.22. The van der Waals surface area contributed by atoms with E-state index in [9.17, 15) is 0 Å². The van der Waals surface area contributed by atoms with Crippen LogP contribution in [0.4, 0.5) is 11.9 Å². The molecule has 7 heteroatoms. The van der Waals surface area contributed by atoms with Gasteiger partial charge in [0.2, 0.25) is 5.95 Å². The van der Waals surface area contributed by atoms with Crippen molar-refractivity contribution in [3.63, 3.8) is 0 Å². The van der Waals surface area contributed by atoms with Gasteiger partial charge >= 0.3 is 0 Å². The lowest BCUT2D eigenvalue weighted by atomic mass is 10.6. The molecule has 0 aliphatic rings. The average Bonchev–Trinajstić information content (AvgIpc) is 2.29. The van der Waals surface area contributed by atoms with Gasteiger partial charge in [-0.15, -0.1) is 0 Å². The topological polar surface area (TPSA) is 106 Å². The Labute approximate surface area is 72.0 Å². The van der Waals surface area contributed by atoms with Crippen molar-refractivity contribution in [3.05, 3.63) is 5.15 Å². The molecule has 0 saturated carbocycles. The molecule has 5 N–H and O–H groups in total. The normalized spacial score (nSPS) is 10.8. The number of H-pyrrole nitrogens is 1. The van der Waals surface area contributed by atoms with Gasteiger partial charge in [0, 0.05) is 0 Å². The molecule has 0 saturated heterocycles. The number of hydrogen-bond donors (Lipinski definition) is 3. The van der Waals surface area contributed by atoms with E-state index < -0.39 is 0 Å². The Morgan fingerprint density at radius 2 is 1.92 bits per heavy atom. The molecule has 0 bridgehead atoms. The van der Waals surface area contributed by atoms with E-state index >= 15 is 0 Å². The predicted molar refractivity (Wildman–Crippen MR) is 45.5 cm³/mol. The Morgan fingerprint density at radius 3 is 2.67 bits per heavy atom. The first-order chi connectivity index (χ1) is 5.66. The van der Waals surface area contributed by atoms with E-state index in [1.807, 2.05) is 0 Å². The van der Waals surface area contributed by atoms with Gasteiger partial charge in [-0.1, -0.05) is 11.6 Å². The fraction of sp³-hybridized carbons (Fsp3) is 0. The van der Waals surface area contributed by atoms with Crippen LogP contribution in [0.2, 0.25) is 5.15 Å². The van der Waals surface area contributed by atoms with Crippen molar-refractivity contribution in [1.29, 1.82) is 0 Å². The molecule has 2 aromatic heterocycles. The summed E-state index contributed by atoms with van der Waals surface area (Å²) < 4.78 is 0. The van der Waals surface area contributed by atoms with E-state index in [0.29, 0.717) is 11.2 Å². The fourth-order valence-corrected chi connectivity index (χ4v) is 1.12. The molecule has 2 rings (SSSR count). The van der Waals surface area contributed by atoms with Crippen LogP contribution in [0.15, 0.2) is 0 Å². The lowest BCUT2D eigenvalue weighted by Crippen LogP contribution is -1.94. The summed E-state index contributed by atoms with van der Waals surface area (Å²) in [5.74, 6) is 0.336. The number of rotatable bonds is 0. The molecule has 2 aromatic rings. The van der Waals surface area contributed by atoms with Gasteiger partial charge in [0.25, 0.3) is 0 Å². The van der Waals surface area contributed by atoms with Crippen molar-refractivity contribution >= 4 is 34.7 Å². The van der Waals surface area contributed by atoms with Crippen molar-refractivity contribution in [2.75, 3.05) is 11.5 Å². The lowest BCUT2D eigenvalue weighted by Gasteiger charge is -1.92. The maximum Gasteiger partial charge on any atom is 0.223 e. The molecule has 0 aliphatic carbocycles. The molecule has 6 nitrogen and oxygen atoms in total. The van der Waals surface area contributed by atoms with Gasteiger partial charge in [-0.05, 0) is 0 Å². The Kier molecular flexibility index (Phi) is 1.31. The summed E-state index contributed by atoms with van der Waals surface area (Å²) in [6, 6.07) is 0. The first-order valence-corrected chi connectivity index (χ1v) is 3.49. The van der Waals surface area contributed by atoms with Crippen molar-refractivity contribution in [2.45, 2.75) is 0 Å². The van der Waals surface area contributed by atoms with E-state index in [1.165, 1.54) is 0 Å². The van der Waals surface area contributed by atoms with Gasteiger partial charge in [0.05, 0.1) is 0 Å². The summed E-state index contributed by atoms with van der Waals surface area (Å²) in [4.78, 5) is 14.1. The second-order valence-electron chi connectivity index (χ2n) is 2.19. The minimum Gasteiger partial charge on any atom is -0.369 e. The summed E-state index contributed by atoms with van der Waals surface area (Å²) in [6.45, 7) is 0.